The van der Waals surface area contributed by atoms with Crippen LogP contribution in [0.3, 0.4) is 0 Å². The van der Waals surface area contributed by atoms with Gasteiger partial charge in [0.15, 0.2) is 0 Å². The number of hydrogen-bond acceptors (Lipinski definition) is 4. The Morgan fingerprint density at radius 3 is 2.61 bits per heavy atom. The van der Waals surface area contributed by atoms with Crippen LogP contribution in [0.15, 0.2) is 41.8 Å². The summed E-state index contributed by atoms with van der Waals surface area (Å²) in [4.78, 5) is 24.6. The average Bonchev–Trinajstić information content (AvgIpc) is 3.06. The van der Waals surface area contributed by atoms with E-state index in [4.69, 9.17) is 5.73 Å². The Hall–Kier alpha value is -1.89. The first-order valence-corrected chi connectivity index (χ1v) is 8.02. The topological polar surface area (TPSA) is 84.2 Å². The number of nitrogens with one attached hydrogen (secondary N) is 2. The minimum atomic E-state index is -0.171. The Bertz CT molecular complexity index is 632. The monoisotopic (exact) mass is 353 g/mol. The van der Waals surface area contributed by atoms with Crippen LogP contribution in [0.5, 0.6) is 0 Å². The van der Waals surface area contributed by atoms with Gasteiger partial charge < -0.3 is 16.4 Å². The Kier molecular flexibility index (Phi) is 8.32. The van der Waals surface area contributed by atoms with Crippen molar-refractivity contribution in [2.24, 2.45) is 5.73 Å². The third-order valence-electron chi connectivity index (χ3n) is 3.04. The average molecular weight is 354 g/mol. The summed E-state index contributed by atoms with van der Waals surface area (Å²) in [5.41, 5.74) is 6.54. The third kappa shape index (κ3) is 6.02. The number of rotatable bonds is 7. The van der Waals surface area contributed by atoms with Crippen LogP contribution in [-0.2, 0) is 0 Å². The van der Waals surface area contributed by atoms with Crippen molar-refractivity contribution in [3.05, 3.63) is 52.2 Å². The zero-order valence-corrected chi connectivity index (χ0v) is 14.2. The molecule has 0 unspecified atom stereocenters. The van der Waals surface area contributed by atoms with Crippen LogP contribution in [0, 0.1) is 0 Å². The first kappa shape index (κ1) is 19.2. The van der Waals surface area contributed by atoms with Gasteiger partial charge in [-0.25, -0.2) is 0 Å². The molecule has 0 aliphatic heterocycles. The van der Waals surface area contributed by atoms with Gasteiger partial charge in [0.1, 0.15) is 0 Å². The minimum absolute atomic E-state index is 0. The van der Waals surface area contributed by atoms with E-state index in [9.17, 15) is 9.59 Å². The summed E-state index contributed by atoms with van der Waals surface area (Å²) < 4.78 is 0. The molecule has 1 aromatic carbocycles. The van der Waals surface area contributed by atoms with E-state index in [2.05, 4.69) is 10.6 Å². The fraction of sp³-hybridized carbons (Fsp3) is 0.250. The van der Waals surface area contributed by atoms with Crippen molar-refractivity contribution in [1.29, 1.82) is 0 Å². The van der Waals surface area contributed by atoms with Gasteiger partial charge in [0.2, 0.25) is 0 Å². The molecule has 0 saturated heterocycles. The van der Waals surface area contributed by atoms with Gasteiger partial charge in [-0.05, 0) is 49.0 Å². The number of carbonyl (C=O) groups is 2. The predicted molar refractivity (Wildman–Crippen MR) is 96.6 cm³/mol. The number of hydrogen-bond donors (Lipinski definition) is 3. The van der Waals surface area contributed by atoms with E-state index >= 15 is 0 Å². The SMILES string of the molecule is Cl.NCCCCNC(=O)c1cccc(NC(=O)c2cccs2)c1. The summed E-state index contributed by atoms with van der Waals surface area (Å²) in [5.74, 6) is -0.320. The first-order chi connectivity index (χ1) is 10.7. The molecule has 0 aliphatic carbocycles. The van der Waals surface area contributed by atoms with Crippen LogP contribution in [-0.4, -0.2) is 24.9 Å². The molecule has 4 N–H and O–H groups in total. The quantitative estimate of drug-likeness (QED) is 0.669. The number of anilines is 1. The molecule has 1 aromatic heterocycles. The van der Waals surface area contributed by atoms with Gasteiger partial charge in [0, 0.05) is 17.8 Å². The van der Waals surface area contributed by atoms with Gasteiger partial charge in [-0.2, -0.15) is 0 Å². The highest BCUT2D eigenvalue weighted by Crippen LogP contribution is 2.15. The summed E-state index contributed by atoms with van der Waals surface area (Å²) >= 11 is 1.37. The van der Waals surface area contributed by atoms with Crippen LogP contribution in [0.4, 0.5) is 5.69 Å². The van der Waals surface area contributed by atoms with E-state index in [-0.39, 0.29) is 24.2 Å². The molecule has 124 valence electrons. The Morgan fingerprint density at radius 1 is 1.09 bits per heavy atom. The first-order valence-electron chi connectivity index (χ1n) is 7.14. The van der Waals surface area contributed by atoms with Crippen molar-refractivity contribution in [3.8, 4) is 0 Å². The van der Waals surface area contributed by atoms with Crippen molar-refractivity contribution in [2.75, 3.05) is 18.4 Å². The summed E-state index contributed by atoms with van der Waals surface area (Å²) in [6.45, 7) is 1.22. The van der Waals surface area contributed by atoms with Gasteiger partial charge in [0.05, 0.1) is 4.88 Å². The van der Waals surface area contributed by atoms with Gasteiger partial charge >= 0.3 is 0 Å². The van der Waals surface area contributed by atoms with Crippen LogP contribution < -0.4 is 16.4 Å². The van der Waals surface area contributed by atoms with E-state index in [1.165, 1.54) is 11.3 Å². The normalized spacial score (nSPS) is 9.78. The number of unbranched alkanes of at least 4 members (excludes halogenated alkanes) is 1. The lowest BCUT2D eigenvalue weighted by Gasteiger charge is -2.07. The molecule has 0 radical (unpaired) electrons. The molecule has 0 saturated carbocycles. The Labute approximate surface area is 145 Å². The molecule has 0 spiro atoms. The highest BCUT2D eigenvalue weighted by molar-refractivity contribution is 7.12. The molecule has 1 heterocycles. The molecule has 2 rings (SSSR count). The van der Waals surface area contributed by atoms with Crippen molar-refractivity contribution in [3.63, 3.8) is 0 Å². The van der Waals surface area contributed by atoms with Crippen molar-refractivity contribution < 1.29 is 9.59 Å². The van der Waals surface area contributed by atoms with Gasteiger partial charge in [0.25, 0.3) is 11.8 Å². The zero-order valence-electron chi connectivity index (χ0n) is 12.6. The fourth-order valence-electron chi connectivity index (χ4n) is 1.91. The maximum Gasteiger partial charge on any atom is 0.265 e. The summed E-state index contributed by atoms with van der Waals surface area (Å²) in [6, 6.07) is 10.5. The van der Waals surface area contributed by atoms with Crippen molar-refractivity contribution in [2.45, 2.75) is 12.8 Å². The van der Waals surface area contributed by atoms with Gasteiger partial charge in [-0.15, -0.1) is 23.7 Å². The maximum atomic E-state index is 12.0. The van der Waals surface area contributed by atoms with Gasteiger partial charge in [-0.1, -0.05) is 12.1 Å². The van der Waals surface area contributed by atoms with E-state index in [1.54, 1.807) is 30.3 Å². The third-order valence-corrected chi connectivity index (χ3v) is 3.91. The molecular weight excluding hydrogens is 334 g/mol. The lowest BCUT2D eigenvalue weighted by molar-refractivity contribution is 0.0951. The number of carbonyl (C=O) groups excluding carboxylic acids is 2. The van der Waals surface area contributed by atoms with Crippen LogP contribution in [0.1, 0.15) is 32.9 Å². The lowest BCUT2D eigenvalue weighted by atomic mass is 10.2. The van der Waals surface area contributed by atoms with E-state index in [1.807, 2.05) is 11.4 Å². The van der Waals surface area contributed by atoms with E-state index in [0.29, 0.717) is 29.2 Å². The van der Waals surface area contributed by atoms with E-state index in [0.717, 1.165) is 12.8 Å². The highest BCUT2D eigenvalue weighted by atomic mass is 35.5. The molecule has 5 nitrogen and oxygen atoms in total. The summed E-state index contributed by atoms with van der Waals surface area (Å²) in [6.07, 6.45) is 1.74. The Morgan fingerprint density at radius 2 is 1.91 bits per heavy atom. The second-order valence-electron chi connectivity index (χ2n) is 4.76. The fourth-order valence-corrected chi connectivity index (χ4v) is 2.53. The van der Waals surface area contributed by atoms with Crippen molar-refractivity contribution in [1.82, 2.24) is 5.32 Å². The maximum absolute atomic E-state index is 12.0. The molecular formula is C16H20ClN3O2S. The second-order valence-corrected chi connectivity index (χ2v) is 5.71. The second kappa shape index (κ2) is 9.99. The molecule has 2 amide bonds. The molecule has 2 aromatic rings. The molecule has 0 aliphatic rings. The minimum Gasteiger partial charge on any atom is -0.352 e. The molecule has 7 heteroatoms. The van der Waals surface area contributed by atoms with Crippen LogP contribution >= 0.6 is 23.7 Å². The summed E-state index contributed by atoms with van der Waals surface area (Å²) in [7, 11) is 0. The number of amides is 2. The number of halogens is 1. The molecule has 23 heavy (non-hydrogen) atoms. The number of nitrogens with two attached hydrogens (primary N) is 1. The largest absolute Gasteiger partial charge is 0.352 e. The molecule has 0 atom stereocenters. The molecule has 0 fully saturated rings. The smallest absolute Gasteiger partial charge is 0.265 e. The zero-order chi connectivity index (χ0) is 15.8. The molecule has 0 bridgehead atoms. The summed E-state index contributed by atoms with van der Waals surface area (Å²) in [5, 5.41) is 7.47. The Balaban J connectivity index is 0.00000264. The highest BCUT2D eigenvalue weighted by Gasteiger charge is 2.09. The van der Waals surface area contributed by atoms with Crippen molar-refractivity contribution >= 4 is 41.2 Å². The number of thiophene rings is 1. The number of benzene rings is 1. The van der Waals surface area contributed by atoms with E-state index < -0.39 is 0 Å². The lowest BCUT2D eigenvalue weighted by Crippen LogP contribution is -2.25. The van der Waals surface area contributed by atoms with Gasteiger partial charge in [-0.3, -0.25) is 9.59 Å². The van der Waals surface area contributed by atoms with Crippen LogP contribution in [0.25, 0.3) is 0 Å². The van der Waals surface area contributed by atoms with Crippen LogP contribution in [0.2, 0.25) is 0 Å². The standard InChI is InChI=1S/C16H19N3O2S.ClH/c17-8-1-2-9-18-15(20)12-5-3-6-13(11-12)19-16(21)14-7-4-10-22-14;/h3-7,10-11H,1-2,8-9,17H2,(H,18,20)(H,19,21);1H. The predicted octanol–water partition coefficient (Wildman–Crippen LogP) is 2.89.